The van der Waals surface area contributed by atoms with Crippen LogP contribution in [0, 0.1) is 10.5 Å². The lowest BCUT2D eigenvalue weighted by Crippen LogP contribution is -2.28. The molecule has 34 heavy (non-hydrogen) atoms. The maximum atomic E-state index is 12.7. The molecule has 1 amide bonds. The van der Waals surface area contributed by atoms with Crippen LogP contribution < -0.4 is 9.62 Å². The summed E-state index contributed by atoms with van der Waals surface area (Å²) in [6.07, 6.45) is 2.65. The van der Waals surface area contributed by atoms with E-state index >= 15 is 0 Å². The number of sulfone groups is 1. The van der Waals surface area contributed by atoms with E-state index in [-0.39, 0.29) is 29.7 Å². The summed E-state index contributed by atoms with van der Waals surface area (Å²) in [5, 5.41) is 3.11. The number of fused-ring (bicyclic) bond motifs is 1. The first-order valence-corrected chi connectivity index (χ1v) is 14.7. The van der Waals surface area contributed by atoms with E-state index in [0.717, 1.165) is 9.87 Å². The third kappa shape index (κ3) is 6.34. The van der Waals surface area contributed by atoms with Crippen molar-refractivity contribution in [2.75, 3.05) is 29.9 Å². The van der Waals surface area contributed by atoms with E-state index < -0.39 is 21.1 Å². The Kier molecular flexibility index (Phi) is 8.71. The molecular formula is C22H25IN3O6S2-. The molecule has 3 rings (SSSR count). The van der Waals surface area contributed by atoms with E-state index in [1.54, 1.807) is 6.07 Å². The largest absolute Gasteiger partial charge is 0.755 e. The molecule has 1 N–H and O–H groups in total. The molecule has 0 aliphatic heterocycles. The number of nitrogens with zero attached hydrogens (tertiary/aromatic N) is 2. The van der Waals surface area contributed by atoms with Crippen molar-refractivity contribution in [3.05, 3.63) is 45.0 Å². The Bertz CT molecular complexity index is 1320. The van der Waals surface area contributed by atoms with Gasteiger partial charge in [-0.3, -0.25) is 13.3 Å². The summed E-state index contributed by atoms with van der Waals surface area (Å²) in [5.74, 6) is 0.267. The van der Waals surface area contributed by atoms with Crippen LogP contribution in [0.15, 0.2) is 34.7 Å². The van der Waals surface area contributed by atoms with Crippen LogP contribution in [0.3, 0.4) is 0 Å². The highest BCUT2D eigenvalue weighted by Crippen LogP contribution is 2.36. The molecule has 0 radical (unpaired) electrons. The second kappa shape index (κ2) is 11.1. The lowest BCUT2D eigenvalue weighted by molar-refractivity contribution is 0.0964. The van der Waals surface area contributed by atoms with Gasteiger partial charge in [0.25, 0.3) is 5.91 Å². The number of benzene rings is 1. The zero-order valence-electron chi connectivity index (χ0n) is 19.0. The number of rotatable bonds is 10. The molecule has 1 unspecified atom stereocenters. The third-order valence-electron chi connectivity index (χ3n) is 5.18. The predicted octanol–water partition coefficient (Wildman–Crippen LogP) is 3.58. The van der Waals surface area contributed by atoms with Gasteiger partial charge in [0.1, 0.15) is 15.6 Å². The van der Waals surface area contributed by atoms with Gasteiger partial charge in [0.2, 0.25) is 5.71 Å². The minimum Gasteiger partial charge on any atom is -0.755 e. The van der Waals surface area contributed by atoms with Gasteiger partial charge in [0.15, 0.2) is 5.82 Å². The normalized spacial score (nSPS) is 12.6. The maximum Gasteiger partial charge on any atom is 0.255 e. The monoisotopic (exact) mass is 618 g/mol. The Morgan fingerprint density at radius 2 is 1.91 bits per heavy atom. The van der Waals surface area contributed by atoms with Gasteiger partial charge in [0.05, 0.1) is 14.5 Å². The minimum atomic E-state index is -3.05. The van der Waals surface area contributed by atoms with Crippen molar-refractivity contribution < 1.29 is 26.4 Å². The number of furan rings is 1. The van der Waals surface area contributed by atoms with E-state index in [4.69, 9.17) is 4.42 Å². The van der Waals surface area contributed by atoms with Crippen LogP contribution in [0.2, 0.25) is 0 Å². The maximum absolute atomic E-state index is 12.7. The predicted molar refractivity (Wildman–Crippen MR) is 140 cm³/mol. The number of aromatic nitrogens is 1. The number of anilines is 1. The Balaban J connectivity index is 1.98. The molecule has 0 aliphatic rings. The second-order valence-electron chi connectivity index (χ2n) is 7.91. The van der Waals surface area contributed by atoms with E-state index in [0.29, 0.717) is 45.1 Å². The van der Waals surface area contributed by atoms with Crippen LogP contribution in [0.4, 0.5) is 5.82 Å². The van der Waals surface area contributed by atoms with E-state index in [2.05, 4.69) is 10.3 Å². The molecule has 2 aromatic heterocycles. The van der Waals surface area contributed by atoms with Crippen molar-refractivity contribution in [2.45, 2.75) is 26.2 Å². The van der Waals surface area contributed by atoms with Crippen molar-refractivity contribution in [1.29, 1.82) is 0 Å². The van der Waals surface area contributed by atoms with Gasteiger partial charge < -0.3 is 14.3 Å². The number of hydrogen-bond acceptors (Lipinski definition) is 7. The highest BCUT2D eigenvalue weighted by Gasteiger charge is 2.25. The molecule has 184 valence electrons. The molecule has 0 bridgehead atoms. The molecule has 12 heteroatoms. The minimum absolute atomic E-state index is 0.0612. The molecule has 0 saturated heterocycles. The number of amides is 1. The van der Waals surface area contributed by atoms with Gasteiger partial charge in [0, 0.05) is 42.4 Å². The number of unbranched alkanes of at least 4 members (excludes halogenated alkanes) is 2. The molecule has 3 aromatic rings. The summed E-state index contributed by atoms with van der Waals surface area (Å²) in [4.78, 5) is 17.2. The van der Waals surface area contributed by atoms with Gasteiger partial charge in [-0.05, 0) is 48.4 Å². The van der Waals surface area contributed by atoms with Crippen molar-refractivity contribution in [1.82, 2.24) is 10.3 Å². The van der Waals surface area contributed by atoms with Crippen molar-refractivity contribution in [3.8, 4) is 11.3 Å². The molecule has 1 aromatic carbocycles. The smallest absolute Gasteiger partial charge is 0.255 e. The van der Waals surface area contributed by atoms with E-state index in [1.165, 1.54) is 13.3 Å². The van der Waals surface area contributed by atoms with Crippen molar-refractivity contribution in [2.24, 2.45) is 0 Å². The van der Waals surface area contributed by atoms with E-state index in [1.807, 2.05) is 53.8 Å². The Hall–Kier alpha value is -2.03. The molecule has 0 aliphatic carbocycles. The fraction of sp³-hybridized carbons (Fsp3) is 0.364. The van der Waals surface area contributed by atoms with E-state index in [9.17, 15) is 22.0 Å². The average Bonchev–Trinajstić information content (AvgIpc) is 3.13. The topological polar surface area (TPSA) is 133 Å². The SMILES string of the molecule is CNC(=O)c1c(-c2ccc(C)cc2)oc2nc(N(CCCCCS(C)(=O)=O)S(=O)[O-])c(I)cc12. The lowest BCUT2D eigenvalue weighted by Gasteiger charge is -2.26. The highest BCUT2D eigenvalue weighted by molar-refractivity contribution is 14.1. The zero-order chi connectivity index (χ0) is 25.0. The summed E-state index contributed by atoms with van der Waals surface area (Å²) < 4.78 is 54.2. The van der Waals surface area contributed by atoms with Gasteiger partial charge in [-0.15, -0.1) is 0 Å². The fourth-order valence-corrected chi connectivity index (χ4v) is 5.64. The summed E-state index contributed by atoms with van der Waals surface area (Å²) in [7, 11) is -1.53. The first-order valence-electron chi connectivity index (χ1n) is 10.5. The quantitative estimate of drug-likeness (QED) is 0.209. The zero-order valence-corrected chi connectivity index (χ0v) is 22.8. The van der Waals surface area contributed by atoms with Crippen molar-refractivity contribution >= 4 is 66.5 Å². The van der Waals surface area contributed by atoms with Crippen LogP contribution >= 0.6 is 22.6 Å². The number of pyridine rings is 1. The standard InChI is InChI=1S/C22H26IN3O6S2/c1-14-7-9-15(10-8-14)19-18(21(27)24-2)16-13-17(23)20(25-22(16)32-19)26(33(28)29)11-5-4-6-12-34(3,30)31/h7-10,13H,4-6,11-12H2,1-3H3,(H,24,27)(H,28,29)/p-1. The molecule has 0 spiro atoms. The third-order valence-corrected chi connectivity index (χ3v) is 7.72. The van der Waals surface area contributed by atoms with Crippen LogP contribution in [0.5, 0.6) is 0 Å². The number of halogens is 1. The Morgan fingerprint density at radius 3 is 2.50 bits per heavy atom. The first-order chi connectivity index (χ1) is 16.0. The fourth-order valence-electron chi connectivity index (χ4n) is 3.47. The van der Waals surface area contributed by atoms with Gasteiger partial charge in [-0.1, -0.05) is 36.2 Å². The molecule has 0 saturated carbocycles. The van der Waals surface area contributed by atoms with Crippen LogP contribution in [-0.2, 0) is 21.1 Å². The molecule has 2 heterocycles. The molecule has 0 fully saturated rings. The van der Waals surface area contributed by atoms with Gasteiger partial charge in [-0.25, -0.2) is 8.42 Å². The van der Waals surface area contributed by atoms with Crippen LogP contribution in [0.1, 0.15) is 35.2 Å². The molecule has 1 atom stereocenters. The highest BCUT2D eigenvalue weighted by atomic mass is 127. The van der Waals surface area contributed by atoms with Crippen LogP contribution in [-0.4, -0.2) is 53.7 Å². The Morgan fingerprint density at radius 1 is 1.24 bits per heavy atom. The lowest BCUT2D eigenvalue weighted by atomic mass is 10.0. The van der Waals surface area contributed by atoms with Crippen molar-refractivity contribution in [3.63, 3.8) is 0 Å². The summed E-state index contributed by atoms with van der Waals surface area (Å²) in [6.45, 7) is 2.10. The molecule has 9 nitrogen and oxygen atoms in total. The summed E-state index contributed by atoms with van der Waals surface area (Å²) >= 11 is -0.615. The number of carbonyl (C=O) groups is 1. The average molecular weight is 618 g/mol. The van der Waals surface area contributed by atoms with Gasteiger partial charge >= 0.3 is 0 Å². The number of aryl methyl sites for hydroxylation is 1. The van der Waals surface area contributed by atoms with Crippen LogP contribution in [0.25, 0.3) is 22.4 Å². The number of carbonyl (C=O) groups excluding carboxylic acids is 1. The van der Waals surface area contributed by atoms with Gasteiger partial charge in [-0.2, -0.15) is 4.98 Å². The first kappa shape index (κ1) is 26.6. The summed E-state index contributed by atoms with van der Waals surface area (Å²) in [5.41, 5.74) is 2.24. The summed E-state index contributed by atoms with van der Waals surface area (Å²) in [6, 6.07) is 9.20. The Labute approximate surface area is 214 Å². The number of hydrogen-bond donors (Lipinski definition) is 1. The molecular weight excluding hydrogens is 593 g/mol. The number of nitrogens with one attached hydrogen (secondary N) is 1. The second-order valence-corrected chi connectivity index (χ2v) is 12.2.